The molecule has 0 unspecified atom stereocenters. The molecule has 128 valence electrons. The van der Waals surface area contributed by atoms with Crippen LogP contribution in [0, 0.1) is 6.92 Å². The zero-order valence-corrected chi connectivity index (χ0v) is 14.0. The molecule has 2 heterocycles. The standard InChI is InChI=1S/C19H20N4O2/c1-14-17(12-22-23(14)18-4-2-3-10-20-18)19(25)21-11-9-15-5-7-16(13-24)8-6-15/h2-8,10,12,24H,9,11,13H2,1H3,(H,21,25). The number of aliphatic hydroxyl groups excluding tert-OH is 1. The molecule has 0 fully saturated rings. The van der Waals surface area contributed by atoms with Gasteiger partial charge in [0, 0.05) is 12.7 Å². The zero-order valence-electron chi connectivity index (χ0n) is 14.0. The molecule has 0 saturated carbocycles. The average molecular weight is 336 g/mol. The third kappa shape index (κ3) is 3.92. The molecule has 0 aliphatic carbocycles. The highest BCUT2D eigenvalue weighted by Gasteiger charge is 2.15. The van der Waals surface area contributed by atoms with Crippen LogP contribution in [0.1, 0.15) is 27.2 Å². The van der Waals surface area contributed by atoms with Gasteiger partial charge in [0.05, 0.1) is 24.1 Å². The Morgan fingerprint density at radius 2 is 1.92 bits per heavy atom. The van der Waals surface area contributed by atoms with E-state index in [0.29, 0.717) is 17.9 Å². The molecular formula is C19H20N4O2. The van der Waals surface area contributed by atoms with Gasteiger partial charge in [-0.1, -0.05) is 30.3 Å². The van der Waals surface area contributed by atoms with E-state index in [9.17, 15) is 4.79 Å². The summed E-state index contributed by atoms with van der Waals surface area (Å²) in [6, 6.07) is 13.3. The third-order valence-electron chi connectivity index (χ3n) is 4.03. The molecule has 1 aromatic carbocycles. The minimum absolute atomic E-state index is 0.0382. The molecule has 0 spiro atoms. The number of hydrogen-bond acceptors (Lipinski definition) is 4. The Balaban J connectivity index is 1.61. The Morgan fingerprint density at radius 1 is 1.16 bits per heavy atom. The van der Waals surface area contributed by atoms with Gasteiger partial charge in [-0.15, -0.1) is 0 Å². The van der Waals surface area contributed by atoms with Crippen LogP contribution in [0.25, 0.3) is 5.82 Å². The van der Waals surface area contributed by atoms with E-state index in [-0.39, 0.29) is 12.5 Å². The second kappa shape index (κ2) is 7.72. The molecule has 0 aliphatic rings. The summed E-state index contributed by atoms with van der Waals surface area (Å²) in [6.07, 6.45) is 3.98. The summed E-state index contributed by atoms with van der Waals surface area (Å²) < 4.78 is 1.66. The minimum Gasteiger partial charge on any atom is -0.392 e. The highest BCUT2D eigenvalue weighted by molar-refractivity contribution is 5.95. The van der Waals surface area contributed by atoms with Gasteiger partial charge in [0.15, 0.2) is 5.82 Å². The van der Waals surface area contributed by atoms with Gasteiger partial charge in [-0.05, 0) is 36.6 Å². The summed E-state index contributed by atoms with van der Waals surface area (Å²) >= 11 is 0. The summed E-state index contributed by atoms with van der Waals surface area (Å²) in [6.45, 7) is 2.42. The highest BCUT2D eigenvalue weighted by Crippen LogP contribution is 2.12. The van der Waals surface area contributed by atoms with E-state index in [1.807, 2.05) is 49.4 Å². The molecule has 0 bridgehead atoms. The molecule has 2 aromatic heterocycles. The van der Waals surface area contributed by atoms with E-state index in [4.69, 9.17) is 5.11 Å². The first kappa shape index (κ1) is 16.9. The van der Waals surface area contributed by atoms with Crippen LogP contribution in [0.4, 0.5) is 0 Å². The van der Waals surface area contributed by atoms with E-state index in [0.717, 1.165) is 23.2 Å². The van der Waals surface area contributed by atoms with Gasteiger partial charge in [-0.3, -0.25) is 4.79 Å². The maximum Gasteiger partial charge on any atom is 0.254 e. The number of carbonyl (C=O) groups excluding carboxylic acids is 1. The van der Waals surface area contributed by atoms with E-state index >= 15 is 0 Å². The third-order valence-corrected chi connectivity index (χ3v) is 4.03. The van der Waals surface area contributed by atoms with Crippen LogP contribution in [0.2, 0.25) is 0 Å². The van der Waals surface area contributed by atoms with Crippen molar-refractivity contribution in [3.63, 3.8) is 0 Å². The normalized spacial score (nSPS) is 10.6. The monoisotopic (exact) mass is 336 g/mol. The first-order chi connectivity index (χ1) is 12.2. The van der Waals surface area contributed by atoms with Crippen molar-refractivity contribution in [2.75, 3.05) is 6.54 Å². The van der Waals surface area contributed by atoms with Crippen molar-refractivity contribution >= 4 is 5.91 Å². The fourth-order valence-corrected chi connectivity index (χ4v) is 2.57. The van der Waals surface area contributed by atoms with Crippen molar-refractivity contribution in [3.8, 4) is 5.82 Å². The fraction of sp³-hybridized carbons (Fsp3) is 0.211. The second-order valence-corrected chi connectivity index (χ2v) is 5.72. The van der Waals surface area contributed by atoms with Crippen molar-refractivity contribution in [2.45, 2.75) is 20.0 Å². The SMILES string of the molecule is Cc1c(C(=O)NCCc2ccc(CO)cc2)cnn1-c1ccccn1. The van der Waals surface area contributed by atoms with Crippen LogP contribution in [-0.4, -0.2) is 32.3 Å². The molecule has 0 aliphatic heterocycles. The number of aromatic nitrogens is 3. The van der Waals surface area contributed by atoms with Crippen molar-refractivity contribution in [1.82, 2.24) is 20.1 Å². The maximum atomic E-state index is 12.4. The number of amides is 1. The number of rotatable bonds is 6. The van der Waals surface area contributed by atoms with E-state index in [1.165, 1.54) is 0 Å². The van der Waals surface area contributed by atoms with Crippen LogP contribution in [0.3, 0.4) is 0 Å². The molecule has 0 atom stereocenters. The predicted molar refractivity (Wildman–Crippen MR) is 94.5 cm³/mol. The van der Waals surface area contributed by atoms with Crippen LogP contribution < -0.4 is 5.32 Å². The first-order valence-corrected chi connectivity index (χ1v) is 8.12. The summed E-state index contributed by atoms with van der Waals surface area (Å²) in [5.41, 5.74) is 3.29. The fourth-order valence-electron chi connectivity index (χ4n) is 2.57. The molecule has 3 aromatic rings. The Kier molecular flexibility index (Phi) is 5.20. The quantitative estimate of drug-likeness (QED) is 0.722. The predicted octanol–water partition coefficient (Wildman–Crippen LogP) is 2.04. The number of pyridine rings is 1. The van der Waals surface area contributed by atoms with Gasteiger partial charge in [0.1, 0.15) is 0 Å². The molecule has 0 radical (unpaired) electrons. The van der Waals surface area contributed by atoms with Crippen molar-refractivity contribution in [3.05, 3.63) is 77.2 Å². The van der Waals surface area contributed by atoms with Crippen LogP contribution >= 0.6 is 0 Å². The number of nitrogens with one attached hydrogen (secondary N) is 1. The summed E-state index contributed by atoms with van der Waals surface area (Å²) in [5.74, 6) is 0.537. The molecular weight excluding hydrogens is 316 g/mol. The Labute approximate surface area is 146 Å². The lowest BCUT2D eigenvalue weighted by atomic mass is 10.1. The average Bonchev–Trinajstić information content (AvgIpc) is 3.04. The van der Waals surface area contributed by atoms with Crippen molar-refractivity contribution in [1.29, 1.82) is 0 Å². The zero-order chi connectivity index (χ0) is 17.6. The van der Waals surface area contributed by atoms with Crippen LogP contribution in [-0.2, 0) is 13.0 Å². The Morgan fingerprint density at radius 3 is 2.60 bits per heavy atom. The summed E-state index contributed by atoms with van der Waals surface area (Å²) in [5, 5.41) is 16.2. The van der Waals surface area contributed by atoms with Crippen LogP contribution in [0.5, 0.6) is 0 Å². The summed E-state index contributed by atoms with van der Waals surface area (Å²) in [4.78, 5) is 16.6. The Hall–Kier alpha value is -2.99. The lowest BCUT2D eigenvalue weighted by Crippen LogP contribution is -2.26. The second-order valence-electron chi connectivity index (χ2n) is 5.72. The van der Waals surface area contributed by atoms with E-state index < -0.39 is 0 Å². The minimum atomic E-state index is -0.147. The smallest absolute Gasteiger partial charge is 0.254 e. The maximum absolute atomic E-state index is 12.4. The van der Waals surface area contributed by atoms with E-state index in [2.05, 4.69) is 15.4 Å². The molecule has 25 heavy (non-hydrogen) atoms. The molecule has 3 rings (SSSR count). The molecule has 6 nitrogen and oxygen atoms in total. The largest absolute Gasteiger partial charge is 0.392 e. The lowest BCUT2D eigenvalue weighted by Gasteiger charge is -2.07. The van der Waals surface area contributed by atoms with E-state index in [1.54, 1.807) is 17.1 Å². The number of carbonyl (C=O) groups is 1. The van der Waals surface area contributed by atoms with Crippen LogP contribution in [0.15, 0.2) is 54.9 Å². The number of aliphatic hydroxyl groups is 1. The van der Waals surface area contributed by atoms with Gasteiger partial charge < -0.3 is 10.4 Å². The molecule has 6 heteroatoms. The van der Waals surface area contributed by atoms with Gasteiger partial charge in [-0.2, -0.15) is 5.10 Å². The number of benzene rings is 1. The highest BCUT2D eigenvalue weighted by atomic mass is 16.3. The Bertz CT molecular complexity index is 842. The van der Waals surface area contributed by atoms with Gasteiger partial charge >= 0.3 is 0 Å². The molecule has 1 amide bonds. The van der Waals surface area contributed by atoms with Crippen molar-refractivity contribution in [2.24, 2.45) is 0 Å². The molecule has 2 N–H and O–H groups in total. The topological polar surface area (TPSA) is 80.0 Å². The molecule has 0 saturated heterocycles. The van der Waals surface area contributed by atoms with Gasteiger partial charge in [0.2, 0.25) is 0 Å². The first-order valence-electron chi connectivity index (χ1n) is 8.12. The number of hydrogen-bond donors (Lipinski definition) is 2. The van der Waals surface area contributed by atoms with Gasteiger partial charge in [0.25, 0.3) is 5.91 Å². The van der Waals surface area contributed by atoms with Gasteiger partial charge in [-0.25, -0.2) is 9.67 Å². The van der Waals surface area contributed by atoms with Crippen molar-refractivity contribution < 1.29 is 9.90 Å². The number of nitrogens with zero attached hydrogens (tertiary/aromatic N) is 3. The summed E-state index contributed by atoms with van der Waals surface area (Å²) in [7, 11) is 0. The lowest BCUT2D eigenvalue weighted by molar-refractivity contribution is 0.0953.